The van der Waals surface area contributed by atoms with Crippen LogP contribution < -0.4 is 10.2 Å². The van der Waals surface area contributed by atoms with E-state index in [1.807, 2.05) is 0 Å². The number of carbonyl (C=O) groups excluding carboxylic acids is 4. The van der Waals surface area contributed by atoms with Crippen molar-refractivity contribution in [2.75, 3.05) is 13.2 Å². The van der Waals surface area contributed by atoms with Gasteiger partial charge in [0.1, 0.15) is 0 Å². The molecule has 0 aromatic heterocycles. The van der Waals surface area contributed by atoms with Crippen LogP contribution in [0.25, 0.3) is 0 Å². The molecule has 77 heavy (non-hydrogen) atoms. The molecule has 0 amide bonds. The number of carbonyl (C=O) groups is 4. The monoisotopic (exact) mass is 1190 g/mol. The molecule has 9 heteroatoms. The Kier molecular flexibility index (Phi) is 76.5. The Hall–Kier alpha value is -1.84. The number of hydrogen-bond acceptors (Lipinski definition) is 8. The zero-order chi connectivity index (χ0) is 56.9. The Balaban J connectivity index is -0.00000107. The minimum absolute atomic E-state index is 0.0377. The molecule has 0 bridgehead atoms. The van der Waals surface area contributed by atoms with E-state index in [2.05, 4.69) is 27.7 Å². The van der Waals surface area contributed by atoms with E-state index < -0.39 is 23.9 Å². The third-order valence-electron chi connectivity index (χ3n) is 14.6. The summed E-state index contributed by atoms with van der Waals surface area (Å²) in [6.45, 7) is 9.85. The van der Waals surface area contributed by atoms with Crippen LogP contribution >= 0.6 is 0 Å². The van der Waals surface area contributed by atoms with Crippen molar-refractivity contribution in [2.45, 2.75) is 370 Å². The van der Waals surface area contributed by atoms with E-state index in [-0.39, 0.29) is 21.1 Å². The van der Waals surface area contributed by atoms with Crippen molar-refractivity contribution in [2.24, 2.45) is 0 Å². The third kappa shape index (κ3) is 83.1. The maximum absolute atomic E-state index is 11.1. The molecule has 0 rings (SSSR count). The third-order valence-corrected chi connectivity index (χ3v) is 18.6. The molecule has 0 heterocycles. The van der Waals surface area contributed by atoms with Gasteiger partial charge >= 0.3 is 184 Å². The predicted octanol–water partition coefficient (Wildman–Crippen LogP) is 19.6. The summed E-state index contributed by atoms with van der Waals surface area (Å²) in [6, 6.07) is 0. The summed E-state index contributed by atoms with van der Waals surface area (Å²) in [7, 11) is 0. The second kappa shape index (κ2) is 74.2. The average Bonchev–Trinajstić information content (AvgIpc) is 3.42. The van der Waals surface area contributed by atoms with E-state index in [4.69, 9.17) is 9.47 Å². The fourth-order valence-electron chi connectivity index (χ4n) is 9.61. The zero-order valence-electron chi connectivity index (χ0n) is 51.7. The van der Waals surface area contributed by atoms with Gasteiger partial charge in [-0.15, -0.1) is 0 Å². The van der Waals surface area contributed by atoms with Crippen LogP contribution in [0.3, 0.4) is 0 Å². The first-order valence-electron chi connectivity index (χ1n) is 33.6. The van der Waals surface area contributed by atoms with E-state index in [1.54, 1.807) is 21.7 Å². The van der Waals surface area contributed by atoms with Gasteiger partial charge in [-0.2, -0.15) is 0 Å². The van der Waals surface area contributed by atoms with Gasteiger partial charge < -0.3 is 29.3 Å². The second-order valence-corrected chi connectivity index (χ2v) is 26.6. The molecular weight excluding hydrogens is 1060 g/mol. The van der Waals surface area contributed by atoms with Crippen molar-refractivity contribution in [1.82, 2.24) is 0 Å². The van der Waals surface area contributed by atoms with Gasteiger partial charge in [0, 0.05) is 12.2 Å². The van der Waals surface area contributed by atoms with Crippen molar-refractivity contribution in [3.8, 4) is 0 Å². The van der Waals surface area contributed by atoms with Crippen LogP contribution in [-0.2, 0) is 28.7 Å². The van der Waals surface area contributed by atoms with E-state index in [0.717, 1.165) is 37.8 Å². The SMILES string of the molecule is CCCCCCCCCCCCCCCCCCOC(=O)/C=C\C(=O)[O-].CCCCCCCCCCCCCCCCCCOC(=O)/C=C\C(=O)[O-].CCCCCCCCCCC[CH2][Sn+2][CH2]CCCCCCCCCCC. The van der Waals surface area contributed by atoms with Crippen LogP contribution in [0.2, 0.25) is 8.87 Å². The first-order chi connectivity index (χ1) is 37.7. The molecule has 0 aliphatic carbocycles. The molecule has 0 aromatic carbocycles. The molecule has 0 unspecified atom stereocenters. The number of carboxylic acid groups (broad SMARTS) is 2. The summed E-state index contributed by atoms with van der Waals surface area (Å²) in [5, 5.41) is 20.3. The molecule has 0 aromatic rings. The summed E-state index contributed by atoms with van der Waals surface area (Å²) in [5.74, 6) is -4.00. The van der Waals surface area contributed by atoms with E-state index in [0.29, 0.717) is 25.4 Å². The second-order valence-electron chi connectivity index (χ2n) is 22.4. The van der Waals surface area contributed by atoms with Gasteiger partial charge in [0.15, 0.2) is 0 Å². The number of aliphatic carboxylic acids is 2. The molecule has 0 aliphatic heterocycles. The summed E-state index contributed by atoms with van der Waals surface area (Å²) >= 11 is 0.0377. The summed E-state index contributed by atoms with van der Waals surface area (Å²) in [4.78, 5) is 42.5. The van der Waals surface area contributed by atoms with Crippen LogP contribution in [0.4, 0.5) is 0 Å². The van der Waals surface area contributed by atoms with Crippen LogP contribution in [-0.4, -0.2) is 58.2 Å². The van der Waals surface area contributed by atoms with Gasteiger partial charge in [0.25, 0.3) is 0 Å². The number of ether oxygens (including phenoxy) is 2. The minimum atomic E-state index is -1.38. The van der Waals surface area contributed by atoms with Crippen LogP contribution in [0.1, 0.15) is 362 Å². The molecule has 0 fully saturated rings. The first-order valence-corrected chi connectivity index (χ1v) is 37.6. The van der Waals surface area contributed by atoms with Gasteiger partial charge in [-0.25, -0.2) is 9.59 Å². The van der Waals surface area contributed by atoms with Crippen LogP contribution in [0.5, 0.6) is 0 Å². The van der Waals surface area contributed by atoms with Gasteiger partial charge in [-0.1, -0.05) is 206 Å². The van der Waals surface area contributed by atoms with Gasteiger partial charge in [0.05, 0.1) is 25.2 Å². The molecule has 0 atom stereocenters. The van der Waals surface area contributed by atoms with Crippen LogP contribution in [0, 0.1) is 0 Å². The molecule has 0 N–H and O–H groups in total. The topological polar surface area (TPSA) is 133 Å². The van der Waals surface area contributed by atoms with Crippen molar-refractivity contribution in [3.05, 3.63) is 24.3 Å². The molecule has 0 spiro atoms. The van der Waals surface area contributed by atoms with Crippen molar-refractivity contribution >= 4 is 45.0 Å². The summed E-state index contributed by atoms with van der Waals surface area (Å²) in [6.07, 6.45) is 74.7. The fourth-order valence-corrected chi connectivity index (χ4v) is 13.2. The first kappa shape index (κ1) is 79.4. The van der Waals surface area contributed by atoms with Crippen LogP contribution in [0.15, 0.2) is 24.3 Å². The average molecular weight is 1190 g/mol. The number of carboxylic acids is 2. The summed E-state index contributed by atoms with van der Waals surface area (Å²) in [5.41, 5.74) is 0. The summed E-state index contributed by atoms with van der Waals surface area (Å²) < 4.78 is 13.1. The fraction of sp³-hybridized carbons (Fsp3) is 0.882. The molecule has 0 radical (unpaired) electrons. The van der Waals surface area contributed by atoms with E-state index >= 15 is 0 Å². The standard InChI is InChI=1S/2C22H40O4.2C12H25.Sn/c2*1-2-3-4-5-6-7-8-9-10-11-12-13-14-15-16-17-20-26-22(25)19-18-21(23)24;2*1-3-5-7-9-11-12-10-8-6-4-2;/h2*18-19H,2-17,20H2,1H3,(H,23,24);2*1,3-12H2,2H3;/q;;;;+2/p-2/b2*19-18-;;;. The molecule has 452 valence electrons. The van der Waals surface area contributed by atoms with E-state index in [1.165, 1.54) is 295 Å². The molecule has 0 saturated heterocycles. The normalized spacial score (nSPS) is 11.1. The van der Waals surface area contributed by atoms with Crippen molar-refractivity contribution < 1.29 is 38.9 Å². The molecule has 8 nitrogen and oxygen atoms in total. The number of rotatable bonds is 60. The van der Waals surface area contributed by atoms with Crippen molar-refractivity contribution in [1.29, 1.82) is 0 Å². The molecule has 0 aliphatic rings. The number of unbranched alkanes of at least 4 members (excludes halogenated alkanes) is 48. The Labute approximate surface area is 489 Å². The maximum atomic E-state index is 11.1. The predicted molar refractivity (Wildman–Crippen MR) is 328 cm³/mol. The number of esters is 2. The zero-order valence-corrected chi connectivity index (χ0v) is 54.5. The Bertz CT molecular complexity index is 1140. The van der Waals surface area contributed by atoms with E-state index in [9.17, 15) is 29.4 Å². The Morgan fingerprint density at radius 3 is 0.610 bits per heavy atom. The van der Waals surface area contributed by atoms with Gasteiger partial charge in [-0.3, -0.25) is 0 Å². The van der Waals surface area contributed by atoms with Gasteiger partial charge in [0.2, 0.25) is 0 Å². The Morgan fingerprint density at radius 1 is 0.260 bits per heavy atom. The quantitative estimate of drug-likeness (QED) is 0.0254. The molecule has 0 saturated carbocycles. The Morgan fingerprint density at radius 2 is 0.429 bits per heavy atom. The van der Waals surface area contributed by atoms with Gasteiger partial charge in [-0.05, 0) is 25.0 Å². The molecular formula is C68H128O8Sn. The number of hydrogen-bond donors (Lipinski definition) is 0. The van der Waals surface area contributed by atoms with Crippen molar-refractivity contribution in [3.63, 3.8) is 0 Å².